The molecule has 25 heavy (non-hydrogen) atoms. The van der Waals surface area contributed by atoms with Crippen molar-refractivity contribution in [1.82, 2.24) is 10.3 Å². The second-order valence-electron chi connectivity index (χ2n) is 5.42. The third-order valence-corrected chi connectivity index (χ3v) is 5.72. The summed E-state index contributed by atoms with van der Waals surface area (Å²) in [5, 5.41) is 2.96. The number of rotatable bonds is 8. The van der Waals surface area contributed by atoms with E-state index < -0.39 is 0 Å². The molecule has 0 radical (unpaired) electrons. The molecule has 1 aromatic heterocycles. The molecule has 0 spiro atoms. The Morgan fingerprint density at radius 3 is 2.88 bits per heavy atom. The van der Waals surface area contributed by atoms with E-state index in [4.69, 9.17) is 4.74 Å². The maximum absolute atomic E-state index is 12.0. The van der Waals surface area contributed by atoms with Gasteiger partial charge in [-0.15, -0.1) is 11.3 Å². The summed E-state index contributed by atoms with van der Waals surface area (Å²) in [4.78, 5) is 16.5. The van der Waals surface area contributed by atoms with E-state index in [9.17, 15) is 4.79 Å². The summed E-state index contributed by atoms with van der Waals surface area (Å²) in [6.07, 6.45) is 0.846. The third kappa shape index (κ3) is 5.21. The Balaban J connectivity index is 1.47. The highest BCUT2D eigenvalue weighted by Crippen LogP contribution is 2.31. The zero-order chi connectivity index (χ0) is 17.5. The van der Waals surface area contributed by atoms with Crippen molar-refractivity contribution in [3.63, 3.8) is 0 Å². The molecule has 0 unspecified atom stereocenters. The first-order valence-corrected chi connectivity index (χ1v) is 10.0. The quantitative estimate of drug-likeness (QED) is 0.604. The zero-order valence-electron chi connectivity index (χ0n) is 14.0. The number of hydrogen-bond acceptors (Lipinski definition) is 5. The predicted octanol–water partition coefficient (Wildman–Crippen LogP) is 4.15. The molecule has 0 aliphatic carbocycles. The number of benzene rings is 2. The number of ether oxygens (including phenoxy) is 1. The van der Waals surface area contributed by atoms with E-state index in [2.05, 4.69) is 22.4 Å². The van der Waals surface area contributed by atoms with Gasteiger partial charge in [-0.05, 0) is 37.1 Å². The largest absolute Gasteiger partial charge is 0.494 e. The first-order valence-electron chi connectivity index (χ1n) is 8.21. The molecule has 6 heteroatoms. The van der Waals surface area contributed by atoms with Gasteiger partial charge in [0.25, 0.3) is 0 Å². The second-order valence-corrected chi connectivity index (χ2v) is 7.67. The maximum Gasteiger partial charge on any atom is 0.230 e. The lowest BCUT2D eigenvalue weighted by Crippen LogP contribution is -2.27. The number of thioether (sulfide) groups is 1. The van der Waals surface area contributed by atoms with E-state index in [1.165, 1.54) is 17.3 Å². The summed E-state index contributed by atoms with van der Waals surface area (Å²) in [6.45, 7) is 3.27. The highest BCUT2D eigenvalue weighted by atomic mass is 32.2. The maximum atomic E-state index is 12.0. The van der Waals surface area contributed by atoms with Gasteiger partial charge in [-0.1, -0.05) is 42.1 Å². The molecule has 2 aromatic carbocycles. The molecule has 0 aliphatic heterocycles. The number of nitrogens with zero attached hydrogens (tertiary/aromatic N) is 1. The van der Waals surface area contributed by atoms with Crippen molar-refractivity contribution < 1.29 is 9.53 Å². The third-order valence-electron chi connectivity index (χ3n) is 3.56. The van der Waals surface area contributed by atoms with E-state index in [0.29, 0.717) is 18.9 Å². The molecule has 0 aliphatic rings. The van der Waals surface area contributed by atoms with Crippen molar-refractivity contribution in [1.29, 1.82) is 0 Å². The molecule has 3 aromatic rings. The van der Waals surface area contributed by atoms with Crippen LogP contribution in [0, 0.1) is 0 Å². The molecule has 0 atom stereocenters. The molecular formula is C19H20N2O2S2. The fourth-order valence-corrected chi connectivity index (χ4v) is 4.30. The monoisotopic (exact) mass is 372 g/mol. The van der Waals surface area contributed by atoms with Gasteiger partial charge in [0, 0.05) is 6.54 Å². The lowest BCUT2D eigenvalue weighted by molar-refractivity contribution is -0.118. The van der Waals surface area contributed by atoms with Crippen molar-refractivity contribution in [2.45, 2.75) is 17.7 Å². The molecule has 3 rings (SSSR count). The van der Waals surface area contributed by atoms with Crippen LogP contribution in [0.2, 0.25) is 0 Å². The minimum atomic E-state index is 0.0372. The number of nitrogens with one attached hydrogen (secondary N) is 1. The van der Waals surface area contributed by atoms with Crippen LogP contribution in [0.25, 0.3) is 10.2 Å². The molecule has 4 nitrogen and oxygen atoms in total. The molecule has 1 amide bonds. The van der Waals surface area contributed by atoms with Crippen LogP contribution in [0.4, 0.5) is 0 Å². The number of carbonyl (C=O) groups excluding carboxylic acids is 1. The van der Waals surface area contributed by atoms with Gasteiger partial charge in [-0.25, -0.2) is 4.98 Å². The Labute approximate surface area is 155 Å². The smallest absolute Gasteiger partial charge is 0.230 e. The number of aromatic nitrogens is 1. The number of carbonyl (C=O) groups is 1. The van der Waals surface area contributed by atoms with Crippen molar-refractivity contribution in [2.75, 3.05) is 18.9 Å². The minimum absolute atomic E-state index is 0.0372. The Morgan fingerprint density at radius 2 is 2.08 bits per heavy atom. The Kier molecular flexibility index (Phi) is 6.30. The van der Waals surface area contributed by atoms with E-state index in [1.54, 1.807) is 11.3 Å². The van der Waals surface area contributed by atoms with Gasteiger partial charge in [0.2, 0.25) is 5.91 Å². The standard InChI is InChI=1S/C19H20N2O2S2/c1-2-23-15-8-9-16-17(12-15)25-19(21-16)24-13-18(22)20-11-10-14-6-4-3-5-7-14/h3-9,12H,2,10-11,13H2,1H3,(H,20,22). The molecule has 0 saturated heterocycles. The van der Waals surface area contributed by atoms with Gasteiger partial charge < -0.3 is 10.1 Å². The molecule has 1 heterocycles. The fourth-order valence-electron chi connectivity index (χ4n) is 2.37. The average molecular weight is 373 g/mol. The van der Waals surface area contributed by atoms with Crippen LogP contribution in [0.3, 0.4) is 0 Å². The number of amides is 1. The summed E-state index contributed by atoms with van der Waals surface area (Å²) in [6, 6.07) is 16.0. The normalized spacial score (nSPS) is 10.8. The van der Waals surface area contributed by atoms with E-state index >= 15 is 0 Å². The molecule has 0 bridgehead atoms. The van der Waals surface area contributed by atoms with Crippen LogP contribution >= 0.6 is 23.1 Å². The van der Waals surface area contributed by atoms with Gasteiger partial charge >= 0.3 is 0 Å². The van der Waals surface area contributed by atoms with Gasteiger partial charge in [0.15, 0.2) is 4.34 Å². The van der Waals surface area contributed by atoms with Crippen LogP contribution in [-0.2, 0) is 11.2 Å². The van der Waals surface area contributed by atoms with Gasteiger partial charge in [0.05, 0.1) is 22.6 Å². The number of thiazole rings is 1. The summed E-state index contributed by atoms with van der Waals surface area (Å²) in [7, 11) is 0. The molecular weight excluding hydrogens is 352 g/mol. The minimum Gasteiger partial charge on any atom is -0.494 e. The molecule has 0 fully saturated rings. The highest BCUT2D eigenvalue weighted by molar-refractivity contribution is 8.01. The lowest BCUT2D eigenvalue weighted by Gasteiger charge is -2.04. The number of hydrogen-bond donors (Lipinski definition) is 1. The second kappa shape index (κ2) is 8.87. The van der Waals surface area contributed by atoms with Crippen LogP contribution in [0.15, 0.2) is 52.9 Å². The lowest BCUT2D eigenvalue weighted by atomic mass is 10.1. The topological polar surface area (TPSA) is 51.2 Å². The van der Waals surface area contributed by atoms with E-state index in [-0.39, 0.29) is 5.91 Å². The van der Waals surface area contributed by atoms with Crippen LogP contribution in [0.5, 0.6) is 5.75 Å². The Hall–Kier alpha value is -2.05. The predicted molar refractivity (Wildman–Crippen MR) is 105 cm³/mol. The summed E-state index contributed by atoms with van der Waals surface area (Å²) in [5.41, 5.74) is 2.17. The summed E-state index contributed by atoms with van der Waals surface area (Å²) < 4.78 is 7.50. The van der Waals surface area contributed by atoms with Crippen molar-refractivity contribution >= 4 is 39.2 Å². The first kappa shape index (κ1) is 17.8. The van der Waals surface area contributed by atoms with Gasteiger partial charge in [0.1, 0.15) is 5.75 Å². The van der Waals surface area contributed by atoms with Crippen LogP contribution in [0.1, 0.15) is 12.5 Å². The zero-order valence-corrected chi connectivity index (χ0v) is 15.7. The van der Waals surface area contributed by atoms with E-state index in [0.717, 1.165) is 26.7 Å². The van der Waals surface area contributed by atoms with Crippen LogP contribution in [-0.4, -0.2) is 29.8 Å². The van der Waals surface area contributed by atoms with E-state index in [1.807, 2.05) is 43.3 Å². The molecule has 0 saturated carbocycles. The highest BCUT2D eigenvalue weighted by Gasteiger charge is 2.08. The molecule has 1 N–H and O–H groups in total. The Bertz CT molecular complexity index is 834. The number of fused-ring (bicyclic) bond motifs is 1. The van der Waals surface area contributed by atoms with Crippen molar-refractivity contribution in [3.05, 3.63) is 54.1 Å². The summed E-state index contributed by atoms with van der Waals surface area (Å²) >= 11 is 3.07. The van der Waals surface area contributed by atoms with Gasteiger partial charge in [-0.3, -0.25) is 4.79 Å². The average Bonchev–Trinajstić information content (AvgIpc) is 3.03. The van der Waals surface area contributed by atoms with Crippen LogP contribution < -0.4 is 10.1 Å². The SMILES string of the molecule is CCOc1ccc2nc(SCC(=O)NCCc3ccccc3)sc2c1. The summed E-state index contributed by atoms with van der Waals surface area (Å²) in [5.74, 6) is 1.27. The molecule has 130 valence electrons. The fraction of sp³-hybridized carbons (Fsp3) is 0.263. The first-order chi connectivity index (χ1) is 12.2. The van der Waals surface area contributed by atoms with Gasteiger partial charge in [-0.2, -0.15) is 0 Å². The van der Waals surface area contributed by atoms with Crippen molar-refractivity contribution in [2.24, 2.45) is 0 Å². The Morgan fingerprint density at radius 1 is 1.24 bits per heavy atom. The van der Waals surface area contributed by atoms with Crippen molar-refractivity contribution in [3.8, 4) is 5.75 Å².